The maximum absolute atomic E-state index is 13.8. The molecule has 2 atom stereocenters. The summed E-state index contributed by atoms with van der Waals surface area (Å²) < 4.78 is 29.5. The largest absolute Gasteiger partial charge is 0.480 e. The van der Waals surface area contributed by atoms with E-state index in [1.807, 2.05) is 182 Å². The first-order valence-electron chi connectivity index (χ1n) is 23.7. The third kappa shape index (κ3) is 25.9. The first-order chi connectivity index (χ1) is 34.8. The van der Waals surface area contributed by atoms with E-state index in [1.165, 1.54) is 0 Å². The van der Waals surface area contributed by atoms with Gasteiger partial charge < -0.3 is 34.5 Å². The molecule has 0 saturated heterocycles. The summed E-state index contributed by atoms with van der Waals surface area (Å²) in [5, 5.41) is 23.3. The highest BCUT2D eigenvalue weighted by atomic mass is 31.2. The standard InChI is InChI=1S/C22H22N3O2P.C21H25NO4.C14H19NO4.3CH4/c26-22(24-25-23-18-19-10-4-1-5-11-19)16-17-28(27,20-12-6-2-7-13-20)21-14-8-3-9-15-21;1-21(2,3)26-20(24)22-18(14-16-10-6-4-7-11-16)19(23)25-15-17-12-8-5-9-13-17;1-14(2,3)19-13(18)15-11(12(16)17)9-10-7-5-4-6-8-10;;;/h1-15H,16-18H2,(H,23,24,26);4-13,18H,14-15H2,1-3H3,(H,22,24);4-8,11H,9H2,1-3H3,(H,15,18)(H,16,17);3*1H4/t;18-;11-;;;/m.00.../s1. The van der Waals surface area contributed by atoms with Gasteiger partial charge in [-0.25, -0.2) is 24.6 Å². The number of carbonyl (C=O) groups excluding carboxylic acids is 4. The average Bonchev–Trinajstić information content (AvgIpc) is 3.37. The average molecular weight is 1060 g/mol. The Kier molecular flexibility index (Phi) is 29.4. The monoisotopic (exact) mass is 1060 g/mol. The van der Waals surface area contributed by atoms with Crippen LogP contribution < -0.4 is 26.7 Å². The highest BCUT2D eigenvalue weighted by Crippen LogP contribution is 2.43. The summed E-state index contributed by atoms with van der Waals surface area (Å²) in [5.74, 6) is -1.89. The molecule has 6 aromatic carbocycles. The molecular weight excluding hydrogens is 982 g/mol. The SMILES string of the molecule is C.C.C.CC(C)(C)OC(=O)N[C@@H](Cc1ccccc1)C(=O)O.CC(C)(C)OC(=O)N[C@@H](Cc1ccccc1)C(=O)OCc1ccccc1.O=C(CCP(=O)(c1ccccc1)c1ccccc1)NN=NCc1ccccc1. The number of amides is 3. The van der Waals surface area contributed by atoms with E-state index in [-0.39, 0.29) is 53.8 Å². The van der Waals surface area contributed by atoms with Crippen molar-refractivity contribution >= 4 is 47.8 Å². The lowest BCUT2D eigenvalue weighted by Crippen LogP contribution is -2.45. The van der Waals surface area contributed by atoms with Crippen molar-refractivity contribution in [3.8, 4) is 0 Å². The van der Waals surface area contributed by atoms with Gasteiger partial charge in [-0.3, -0.25) is 4.79 Å². The predicted molar refractivity (Wildman–Crippen MR) is 303 cm³/mol. The molecule has 6 aromatic rings. The second kappa shape index (κ2) is 33.8. The Morgan fingerprint density at radius 1 is 0.526 bits per heavy atom. The molecule has 4 N–H and O–H groups in total. The van der Waals surface area contributed by atoms with Gasteiger partial charge in [-0.15, -0.1) is 0 Å². The van der Waals surface area contributed by atoms with Crippen LogP contribution >= 0.6 is 7.14 Å². The fourth-order valence-corrected chi connectivity index (χ4v) is 9.31. The van der Waals surface area contributed by atoms with Crippen LogP contribution in [0.15, 0.2) is 192 Å². The van der Waals surface area contributed by atoms with Crippen LogP contribution in [-0.2, 0) is 59.2 Å². The molecule has 0 aliphatic heterocycles. The van der Waals surface area contributed by atoms with Gasteiger partial charge in [0.05, 0.1) is 6.54 Å². The lowest BCUT2D eigenvalue weighted by atomic mass is 10.1. The van der Waals surface area contributed by atoms with E-state index < -0.39 is 54.6 Å². The number of nitrogens with one attached hydrogen (secondary N) is 3. The number of benzene rings is 6. The third-order valence-electron chi connectivity index (χ3n) is 10.1. The highest BCUT2D eigenvalue weighted by Gasteiger charge is 2.29. The Morgan fingerprint density at radius 2 is 0.882 bits per heavy atom. The number of alkyl carbamates (subject to hydrolysis) is 2. The zero-order valence-corrected chi connectivity index (χ0v) is 43.1. The molecule has 408 valence electrons. The Morgan fingerprint density at radius 3 is 1.28 bits per heavy atom. The molecule has 0 aromatic heterocycles. The van der Waals surface area contributed by atoms with Crippen molar-refractivity contribution in [3.63, 3.8) is 0 Å². The van der Waals surface area contributed by atoms with Crippen LogP contribution in [-0.4, -0.2) is 64.6 Å². The molecule has 0 aliphatic carbocycles. The lowest BCUT2D eigenvalue weighted by molar-refractivity contribution is -0.147. The van der Waals surface area contributed by atoms with Gasteiger partial charge in [0.2, 0.25) is 5.91 Å². The van der Waals surface area contributed by atoms with E-state index >= 15 is 0 Å². The topological polar surface area (TPSA) is 211 Å². The van der Waals surface area contributed by atoms with Gasteiger partial charge in [-0.05, 0) is 63.8 Å². The van der Waals surface area contributed by atoms with Crippen LogP contribution in [0, 0.1) is 0 Å². The minimum atomic E-state index is -2.90. The molecule has 6 rings (SSSR count). The third-order valence-corrected chi connectivity index (χ3v) is 13.2. The van der Waals surface area contributed by atoms with Crippen molar-refractivity contribution in [3.05, 3.63) is 204 Å². The summed E-state index contributed by atoms with van der Waals surface area (Å²) in [5.41, 5.74) is 4.79. The van der Waals surface area contributed by atoms with Crippen molar-refractivity contribution in [2.45, 2.75) is 120 Å². The number of rotatable bonds is 18. The van der Waals surface area contributed by atoms with Gasteiger partial charge >= 0.3 is 24.1 Å². The summed E-state index contributed by atoms with van der Waals surface area (Å²) in [6.45, 7) is 11.0. The van der Waals surface area contributed by atoms with Gasteiger partial charge in [-0.2, -0.15) is 5.11 Å². The lowest BCUT2D eigenvalue weighted by Gasteiger charge is -2.23. The molecule has 15 nitrogen and oxygen atoms in total. The first-order valence-corrected chi connectivity index (χ1v) is 25.6. The molecule has 0 radical (unpaired) electrons. The van der Waals surface area contributed by atoms with E-state index in [9.17, 15) is 28.5 Å². The number of carboxylic acids is 1. The molecule has 76 heavy (non-hydrogen) atoms. The Balaban J connectivity index is 0.000000569. The van der Waals surface area contributed by atoms with Crippen LogP contribution in [0.5, 0.6) is 0 Å². The molecule has 3 amide bonds. The zero-order chi connectivity index (χ0) is 53.1. The normalized spacial score (nSPS) is 11.5. The fraction of sp³-hybridized carbons (Fsp3) is 0.317. The molecule has 0 aliphatic rings. The van der Waals surface area contributed by atoms with Crippen LogP contribution in [0.2, 0.25) is 0 Å². The number of aliphatic carboxylic acids is 1. The van der Waals surface area contributed by atoms with Crippen molar-refractivity contribution in [2.75, 3.05) is 6.16 Å². The fourth-order valence-electron chi connectivity index (χ4n) is 6.67. The van der Waals surface area contributed by atoms with Crippen LogP contribution in [0.25, 0.3) is 0 Å². The Hall–Kier alpha value is -7.90. The quantitative estimate of drug-likeness (QED) is 0.0210. The number of nitrogens with zero attached hydrogens (tertiary/aromatic N) is 2. The van der Waals surface area contributed by atoms with Gasteiger partial charge in [0.1, 0.15) is 37.0 Å². The van der Waals surface area contributed by atoms with Crippen molar-refractivity contribution in [2.24, 2.45) is 10.3 Å². The predicted octanol–water partition coefficient (Wildman–Crippen LogP) is 12.1. The number of esters is 1. The van der Waals surface area contributed by atoms with Gasteiger partial charge in [0, 0.05) is 36.0 Å². The Labute approximate surface area is 450 Å². The first kappa shape index (κ1) is 66.1. The number of hydrogen-bond donors (Lipinski definition) is 4. The summed E-state index contributed by atoms with van der Waals surface area (Å²) >= 11 is 0. The molecule has 0 heterocycles. The molecule has 16 heteroatoms. The van der Waals surface area contributed by atoms with Crippen LogP contribution in [0.1, 0.15) is 92.5 Å². The van der Waals surface area contributed by atoms with Gasteiger partial charge in [0.15, 0.2) is 0 Å². The summed E-state index contributed by atoms with van der Waals surface area (Å²) in [4.78, 5) is 59.5. The minimum absolute atomic E-state index is 0. The highest BCUT2D eigenvalue weighted by molar-refractivity contribution is 7.78. The molecule has 0 fully saturated rings. The summed E-state index contributed by atoms with van der Waals surface area (Å²) in [6.07, 6.45) is -0.485. The van der Waals surface area contributed by atoms with E-state index in [0.717, 1.165) is 32.9 Å². The van der Waals surface area contributed by atoms with Crippen molar-refractivity contribution < 1.29 is 47.9 Å². The maximum Gasteiger partial charge on any atom is 0.408 e. The summed E-state index contributed by atoms with van der Waals surface area (Å²) in [7, 11) is -2.90. The number of hydrogen-bond acceptors (Lipinski definition) is 11. The molecule has 0 saturated carbocycles. The smallest absolute Gasteiger partial charge is 0.408 e. The van der Waals surface area contributed by atoms with Crippen LogP contribution in [0.3, 0.4) is 0 Å². The molecular formula is C60H78N5O10P. The van der Waals surface area contributed by atoms with Crippen molar-refractivity contribution in [1.82, 2.24) is 16.1 Å². The second-order valence-corrected chi connectivity index (χ2v) is 21.5. The van der Waals surface area contributed by atoms with E-state index in [4.69, 9.17) is 19.3 Å². The van der Waals surface area contributed by atoms with E-state index in [2.05, 4.69) is 26.4 Å². The summed E-state index contributed by atoms with van der Waals surface area (Å²) in [6, 6.07) is 54.5. The minimum Gasteiger partial charge on any atom is -0.480 e. The molecule has 0 bridgehead atoms. The van der Waals surface area contributed by atoms with Gasteiger partial charge in [0.25, 0.3) is 0 Å². The number of ether oxygens (including phenoxy) is 3. The molecule has 0 spiro atoms. The van der Waals surface area contributed by atoms with Crippen LogP contribution in [0.4, 0.5) is 9.59 Å². The number of carboxylic acid groups (broad SMARTS) is 1. The number of carbonyl (C=O) groups is 5. The van der Waals surface area contributed by atoms with Gasteiger partial charge in [-0.1, -0.05) is 209 Å². The van der Waals surface area contributed by atoms with E-state index in [0.29, 0.717) is 13.0 Å². The van der Waals surface area contributed by atoms with E-state index in [1.54, 1.807) is 41.5 Å². The maximum atomic E-state index is 13.8. The Bertz CT molecular complexity index is 2640. The zero-order valence-electron chi connectivity index (χ0n) is 42.2. The van der Waals surface area contributed by atoms with Crippen molar-refractivity contribution in [1.29, 1.82) is 0 Å². The molecule has 0 unspecified atom stereocenters. The second-order valence-electron chi connectivity index (χ2n) is 18.5.